The zero-order valence-corrected chi connectivity index (χ0v) is 16.0. The SMILES string of the molecule is Cc1nn(C2CCCCO2)c2c1NC(c1c(F)cccc1F)=Nc1ccccc1-2. The van der Waals surface area contributed by atoms with E-state index in [9.17, 15) is 8.78 Å². The molecule has 3 heterocycles. The quantitative estimate of drug-likeness (QED) is 0.638. The maximum atomic E-state index is 14.5. The van der Waals surface area contributed by atoms with Crippen LogP contribution < -0.4 is 5.32 Å². The lowest BCUT2D eigenvalue weighted by Gasteiger charge is -2.24. The van der Waals surface area contributed by atoms with E-state index in [4.69, 9.17) is 9.84 Å². The van der Waals surface area contributed by atoms with Gasteiger partial charge < -0.3 is 10.1 Å². The molecule has 0 amide bonds. The van der Waals surface area contributed by atoms with E-state index in [1.807, 2.05) is 35.9 Å². The molecule has 0 radical (unpaired) electrons. The van der Waals surface area contributed by atoms with Crippen LogP contribution in [0.25, 0.3) is 11.3 Å². The molecule has 1 atom stereocenters. The lowest BCUT2D eigenvalue weighted by Crippen LogP contribution is -2.20. The lowest BCUT2D eigenvalue weighted by atomic mass is 10.1. The second kappa shape index (κ2) is 7.08. The molecule has 2 aromatic carbocycles. The van der Waals surface area contributed by atoms with Crippen LogP contribution >= 0.6 is 0 Å². The van der Waals surface area contributed by atoms with E-state index in [-0.39, 0.29) is 17.6 Å². The van der Waals surface area contributed by atoms with Crippen LogP contribution in [0.1, 0.15) is 36.7 Å². The first-order valence-electron chi connectivity index (χ1n) is 9.73. The van der Waals surface area contributed by atoms with Crippen molar-refractivity contribution in [3.8, 4) is 11.3 Å². The Morgan fingerprint density at radius 3 is 2.62 bits per heavy atom. The second-order valence-electron chi connectivity index (χ2n) is 7.27. The number of anilines is 1. The van der Waals surface area contributed by atoms with Crippen LogP contribution in [0.5, 0.6) is 0 Å². The number of hydrogen-bond donors (Lipinski definition) is 1. The summed E-state index contributed by atoms with van der Waals surface area (Å²) in [7, 11) is 0. The van der Waals surface area contributed by atoms with Gasteiger partial charge in [-0.1, -0.05) is 24.3 Å². The van der Waals surface area contributed by atoms with Gasteiger partial charge in [0.1, 0.15) is 17.5 Å². The summed E-state index contributed by atoms with van der Waals surface area (Å²) >= 11 is 0. The summed E-state index contributed by atoms with van der Waals surface area (Å²) in [6, 6.07) is 11.3. The molecule has 1 aromatic heterocycles. The molecule has 29 heavy (non-hydrogen) atoms. The van der Waals surface area contributed by atoms with Gasteiger partial charge in [-0.05, 0) is 44.4 Å². The van der Waals surface area contributed by atoms with E-state index in [2.05, 4.69) is 10.3 Å². The number of halogens is 2. The minimum absolute atomic E-state index is 0.124. The Morgan fingerprint density at radius 2 is 1.86 bits per heavy atom. The summed E-state index contributed by atoms with van der Waals surface area (Å²) in [5.74, 6) is -1.21. The number of aryl methyl sites for hydroxylation is 1. The van der Waals surface area contributed by atoms with Crippen molar-refractivity contribution in [3.63, 3.8) is 0 Å². The standard InChI is InChI=1S/C22H20F2N4O/c1-13-20-21(28(27-13)18-11-4-5-12-29-18)14-7-2-3-10-17(14)25-22(26-20)19-15(23)8-6-9-16(19)24/h2-3,6-10,18H,4-5,11-12H2,1H3,(H,25,26). The van der Waals surface area contributed by atoms with Crippen molar-refractivity contribution >= 4 is 17.2 Å². The number of aliphatic imine (C=N–C) groups is 1. The molecule has 0 spiro atoms. The van der Waals surface area contributed by atoms with Crippen molar-refractivity contribution in [2.45, 2.75) is 32.4 Å². The number of benzene rings is 2. The second-order valence-corrected chi connectivity index (χ2v) is 7.27. The monoisotopic (exact) mass is 394 g/mol. The Hall–Kier alpha value is -3.06. The van der Waals surface area contributed by atoms with Gasteiger partial charge in [0.15, 0.2) is 6.23 Å². The van der Waals surface area contributed by atoms with E-state index in [0.29, 0.717) is 18.0 Å². The van der Waals surface area contributed by atoms with Crippen LogP contribution in [0.3, 0.4) is 0 Å². The molecule has 1 saturated heterocycles. The van der Waals surface area contributed by atoms with Crippen LogP contribution in [-0.2, 0) is 4.74 Å². The average Bonchev–Trinajstić information content (AvgIpc) is 2.95. The number of fused-ring (bicyclic) bond motifs is 3. The highest BCUT2D eigenvalue weighted by Gasteiger charge is 2.29. The first kappa shape index (κ1) is 18.0. The summed E-state index contributed by atoms with van der Waals surface area (Å²) in [4.78, 5) is 4.59. The van der Waals surface area contributed by atoms with Crippen LogP contribution in [0, 0.1) is 18.6 Å². The molecular formula is C22H20F2N4O. The number of nitrogens with zero attached hydrogens (tertiary/aromatic N) is 3. The van der Waals surface area contributed by atoms with Crippen molar-refractivity contribution in [1.82, 2.24) is 9.78 Å². The van der Waals surface area contributed by atoms with E-state index >= 15 is 0 Å². The van der Waals surface area contributed by atoms with Crippen molar-refractivity contribution in [3.05, 3.63) is 65.4 Å². The zero-order chi connectivity index (χ0) is 20.0. The molecule has 1 fully saturated rings. The van der Waals surface area contributed by atoms with Gasteiger partial charge in [0.05, 0.1) is 28.3 Å². The molecule has 3 aromatic rings. The highest BCUT2D eigenvalue weighted by Crippen LogP contribution is 2.42. The van der Waals surface area contributed by atoms with Gasteiger partial charge in [-0.3, -0.25) is 0 Å². The van der Waals surface area contributed by atoms with Gasteiger partial charge in [0.25, 0.3) is 0 Å². The largest absolute Gasteiger partial charge is 0.356 e. The Bertz CT molecular complexity index is 1100. The van der Waals surface area contributed by atoms with Gasteiger partial charge in [0.2, 0.25) is 0 Å². The number of aromatic nitrogens is 2. The fourth-order valence-electron chi connectivity index (χ4n) is 3.96. The summed E-state index contributed by atoms with van der Waals surface area (Å²) in [6.45, 7) is 2.56. The van der Waals surface area contributed by atoms with Crippen molar-refractivity contribution in [2.24, 2.45) is 4.99 Å². The molecule has 0 bridgehead atoms. The normalized spacial score (nSPS) is 18.3. The van der Waals surface area contributed by atoms with E-state index < -0.39 is 11.6 Å². The Morgan fingerprint density at radius 1 is 1.07 bits per heavy atom. The lowest BCUT2D eigenvalue weighted by molar-refractivity contribution is -0.0384. The number of hydrogen-bond acceptors (Lipinski definition) is 4. The highest BCUT2D eigenvalue weighted by atomic mass is 19.1. The average molecular weight is 394 g/mol. The molecular weight excluding hydrogens is 374 g/mol. The molecule has 1 unspecified atom stereocenters. The summed E-state index contributed by atoms with van der Waals surface area (Å²) in [6.07, 6.45) is 2.79. The van der Waals surface area contributed by atoms with E-state index in [1.54, 1.807) is 0 Å². The molecule has 2 aliphatic rings. The molecule has 0 saturated carbocycles. The molecule has 148 valence electrons. The van der Waals surface area contributed by atoms with Crippen LogP contribution in [0.2, 0.25) is 0 Å². The number of para-hydroxylation sites is 1. The Labute approximate surface area is 167 Å². The topological polar surface area (TPSA) is 51.4 Å². The minimum atomic E-state index is -0.669. The van der Waals surface area contributed by atoms with Gasteiger partial charge in [-0.2, -0.15) is 5.10 Å². The molecule has 2 aliphatic heterocycles. The Balaban J connectivity index is 1.73. The third kappa shape index (κ3) is 3.02. The first-order chi connectivity index (χ1) is 14.1. The van der Waals surface area contributed by atoms with Crippen molar-refractivity contribution in [1.29, 1.82) is 0 Å². The van der Waals surface area contributed by atoms with Crippen molar-refractivity contribution < 1.29 is 13.5 Å². The molecule has 5 nitrogen and oxygen atoms in total. The van der Waals surface area contributed by atoms with Gasteiger partial charge in [0, 0.05) is 12.2 Å². The number of nitrogens with one attached hydrogen (secondary N) is 1. The molecule has 1 N–H and O–H groups in total. The van der Waals surface area contributed by atoms with Gasteiger partial charge in [-0.15, -0.1) is 0 Å². The summed E-state index contributed by atoms with van der Waals surface area (Å²) in [5, 5.41) is 7.88. The number of ether oxygens (including phenoxy) is 1. The van der Waals surface area contributed by atoms with Gasteiger partial charge >= 0.3 is 0 Å². The fraction of sp³-hybridized carbons (Fsp3) is 0.273. The smallest absolute Gasteiger partial charge is 0.150 e. The predicted octanol–water partition coefficient (Wildman–Crippen LogP) is 5.34. The van der Waals surface area contributed by atoms with Crippen LogP contribution in [0.15, 0.2) is 47.5 Å². The fourth-order valence-corrected chi connectivity index (χ4v) is 3.96. The maximum absolute atomic E-state index is 14.5. The third-order valence-electron chi connectivity index (χ3n) is 5.35. The molecule has 5 rings (SSSR count). The van der Waals surface area contributed by atoms with Crippen molar-refractivity contribution in [2.75, 3.05) is 11.9 Å². The molecule has 7 heteroatoms. The number of amidine groups is 1. The highest BCUT2D eigenvalue weighted by molar-refractivity contribution is 6.13. The maximum Gasteiger partial charge on any atom is 0.150 e. The predicted molar refractivity (Wildman–Crippen MR) is 107 cm³/mol. The third-order valence-corrected chi connectivity index (χ3v) is 5.35. The van der Waals surface area contributed by atoms with E-state index in [1.165, 1.54) is 18.2 Å². The van der Waals surface area contributed by atoms with E-state index in [0.717, 1.165) is 36.2 Å². The Kier molecular flexibility index (Phi) is 4.39. The van der Waals surface area contributed by atoms with Crippen LogP contribution in [0.4, 0.5) is 20.2 Å². The zero-order valence-electron chi connectivity index (χ0n) is 16.0. The summed E-state index contributed by atoms with van der Waals surface area (Å²) < 4.78 is 36.9. The minimum Gasteiger partial charge on any atom is -0.356 e. The molecule has 0 aliphatic carbocycles. The first-order valence-corrected chi connectivity index (χ1v) is 9.73. The van der Waals surface area contributed by atoms with Gasteiger partial charge in [-0.25, -0.2) is 18.5 Å². The summed E-state index contributed by atoms with van der Waals surface area (Å²) in [5.41, 5.74) is 3.50. The number of rotatable bonds is 2. The van der Waals surface area contributed by atoms with Crippen LogP contribution in [-0.4, -0.2) is 22.2 Å².